The Morgan fingerprint density at radius 3 is 2.53 bits per heavy atom. The van der Waals surface area contributed by atoms with Gasteiger partial charge in [-0.1, -0.05) is 15.9 Å². The predicted molar refractivity (Wildman–Crippen MR) is 61.3 cm³/mol. The van der Waals surface area contributed by atoms with Crippen LogP contribution in [0.2, 0.25) is 0 Å². The number of likely N-dealkylation sites (N-methyl/N-ethyl adjacent to an activating group) is 1. The second kappa shape index (κ2) is 5.82. The molecular weight excluding hydrogens is 302 g/mol. The smallest absolute Gasteiger partial charge is 0.316 e. The van der Waals surface area contributed by atoms with Gasteiger partial charge in [0.25, 0.3) is 0 Å². The van der Waals surface area contributed by atoms with E-state index in [2.05, 4.69) is 21.2 Å². The summed E-state index contributed by atoms with van der Waals surface area (Å²) in [6.45, 7) is 0. The van der Waals surface area contributed by atoms with Crippen LogP contribution < -0.4 is 5.32 Å². The standard InChI is InChI=1S/C11H12BrF4N/c1-17-9(6-11(14,15)16)5-7-4-8(12)2-3-10(7)13/h2-4,9,17H,5-6H2,1H3. The SMILES string of the molecule is CNC(Cc1cc(Br)ccc1F)CC(F)(F)F. The lowest BCUT2D eigenvalue weighted by Crippen LogP contribution is -2.33. The van der Waals surface area contributed by atoms with E-state index in [1.807, 2.05) is 0 Å². The molecule has 1 aromatic carbocycles. The summed E-state index contributed by atoms with van der Waals surface area (Å²) in [6, 6.07) is 3.42. The average Bonchev–Trinajstić information content (AvgIpc) is 2.20. The van der Waals surface area contributed by atoms with E-state index in [-0.39, 0.29) is 12.0 Å². The van der Waals surface area contributed by atoms with Crippen molar-refractivity contribution in [2.45, 2.75) is 25.1 Å². The van der Waals surface area contributed by atoms with E-state index in [1.165, 1.54) is 25.2 Å². The Kier molecular flexibility index (Phi) is 4.94. The van der Waals surface area contributed by atoms with Crippen molar-refractivity contribution in [2.24, 2.45) is 0 Å². The zero-order valence-electron chi connectivity index (χ0n) is 9.11. The van der Waals surface area contributed by atoms with Crippen LogP contribution in [0.5, 0.6) is 0 Å². The third-order valence-electron chi connectivity index (χ3n) is 2.36. The molecule has 0 aliphatic rings. The van der Waals surface area contributed by atoms with Crippen molar-refractivity contribution in [3.8, 4) is 0 Å². The van der Waals surface area contributed by atoms with Gasteiger partial charge in [0.1, 0.15) is 5.82 Å². The fraction of sp³-hybridized carbons (Fsp3) is 0.455. The maximum Gasteiger partial charge on any atom is 0.390 e. The fourth-order valence-corrected chi connectivity index (χ4v) is 1.93. The van der Waals surface area contributed by atoms with Crippen LogP contribution in [-0.4, -0.2) is 19.3 Å². The van der Waals surface area contributed by atoms with Crippen LogP contribution in [0.1, 0.15) is 12.0 Å². The Morgan fingerprint density at radius 1 is 1.35 bits per heavy atom. The molecule has 1 N–H and O–H groups in total. The largest absolute Gasteiger partial charge is 0.390 e. The normalized spacial score (nSPS) is 13.8. The first-order valence-corrected chi connectivity index (χ1v) is 5.79. The molecule has 17 heavy (non-hydrogen) atoms. The van der Waals surface area contributed by atoms with Crippen LogP contribution in [0.4, 0.5) is 17.6 Å². The monoisotopic (exact) mass is 313 g/mol. The zero-order chi connectivity index (χ0) is 13.1. The Balaban J connectivity index is 2.77. The summed E-state index contributed by atoms with van der Waals surface area (Å²) in [4.78, 5) is 0. The highest BCUT2D eigenvalue weighted by molar-refractivity contribution is 9.10. The summed E-state index contributed by atoms with van der Waals surface area (Å²) in [6.07, 6.45) is -5.23. The fourth-order valence-electron chi connectivity index (χ4n) is 1.52. The lowest BCUT2D eigenvalue weighted by atomic mass is 10.0. The van der Waals surface area contributed by atoms with Crippen LogP contribution in [0.15, 0.2) is 22.7 Å². The van der Waals surface area contributed by atoms with Crippen LogP contribution >= 0.6 is 15.9 Å². The molecule has 1 atom stereocenters. The molecule has 1 rings (SSSR count). The maximum absolute atomic E-state index is 13.4. The van der Waals surface area contributed by atoms with Gasteiger partial charge in [0.05, 0.1) is 6.42 Å². The minimum atomic E-state index is -4.25. The summed E-state index contributed by atoms with van der Waals surface area (Å²) in [5, 5.41) is 2.55. The Labute approximate surface area is 105 Å². The molecule has 0 aromatic heterocycles. The third kappa shape index (κ3) is 5.04. The molecule has 0 saturated heterocycles. The average molecular weight is 314 g/mol. The highest BCUT2D eigenvalue weighted by atomic mass is 79.9. The van der Waals surface area contributed by atoms with Crippen molar-refractivity contribution in [2.75, 3.05) is 7.05 Å². The Morgan fingerprint density at radius 2 is 2.00 bits per heavy atom. The van der Waals surface area contributed by atoms with E-state index in [9.17, 15) is 17.6 Å². The first-order chi connectivity index (χ1) is 7.81. The van der Waals surface area contributed by atoms with E-state index in [0.717, 1.165) is 0 Å². The van der Waals surface area contributed by atoms with Gasteiger partial charge >= 0.3 is 6.18 Å². The molecule has 0 fully saturated rings. The van der Waals surface area contributed by atoms with E-state index in [1.54, 1.807) is 0 Å². The second-order valence-electron chi connectivity index (χ2n) is 3.74. The van der Waals surface area contributed by atoms with Crippen LogP contribution in [0.25, 0.3) is 0 Å². The minimum absolute atomic E-state index is 0.00127. The quantitative estimate of drug-likeness (QED) is 0.836. The summed E-state index contributed by atoms with van der Waals surface area (Å²) >= 11 is 3.16. The lowest BCUT2D eigenvalue weighted by Gasteiger charge is -2.18. The molecule has 1 unspecified atom stereocenters. The molecule has 96 valence electrons. The topological polar surface area (TPSA) is 12.0 Å². The third-order valence-corrected chi connectivity index (χ3v) is 2.85. The van der Waals surface area contributed by atoms with Crippen molar-refractivity contribution >= 4 is 15.9 Å². The van der Waals surface area contributed by atoms with Gasteiger partial charge in [-0.15, -0.1) is 0 Å². The molecule has 1 aromatic rings. The van der Waals surface area contributed by atoms with E-state index in [4.69, 9.17) is 0 Å². The number of halogens is 5. The molecule has 0 amide bonds. The number of benzene rings is 1. The van der Waals surface area contributed by atoms with Gasteiger partial charge in [-0.2, -0.15) is 13.2 Å². The number of rotatable bonds is 4. The molecule has 0 aliphatic carbocycles. The predicted octanol–water partition coefficient (Wildman–Crippen LogP) is 3.67. The van der Waals surface area contributed by atoms with Gasteiger partial charge in [0.2, 0.25) is 0 Å². The number of nitrogens with one attached hydrogen (secondary N) is 1. The first-order valence-electron chi connectivity index (χ1n) is 5.00. The molecule has 0 spiro atoms. The van der Waals surface area contributed by atoms with Gasteiger partial charge in [-0.3, -0.25) is 0 Å². The van der Waals surface area contributed by atoms with Crippen molar-refractivity contribution in [1.82, 2.24) is 5.32 Å². The number of hydrogen-bond donors (Lipinski definition) is 1. The molecule has 0 radical (unpaired) electrons. The maximum atomic E-state index is 13.4. The van der Waals surface area contributed by atoms with Crippen molar-refractivity contribution in [1.29, 1.82) is 0 Å². The van der Waals surface area contributed by atoms with Gasteiger partial charge in [-0.25, -0.2) is 4.39 Å². The summed E-state index contributed by atoms with van der Waals surface area (Å²) in [5.74, 6) is -0.490. The van der Waals surface area contributed by atoms with Gasteiger partial charge < -0.3 is 5.32 Å². The van der Waals surface area contributed by atoms with Crippen molar-refractivity contribution in [3.63, 3.8) is 0 Å². The van der Waals surface area contributed by atoms with E-state index in [0.29, 0.717) is 4.47 Å². The van der Waals surface area contributed by atoms with Crippen LogP contribution in [0.3, 0.4) is 0 Å². The van der Waals surface area contributed by atoms with Crippen molar-refractivity contribution in [3.05, 3.63) is 34.1 Å². The summed E-state index contributed by atoms with van der Waals surface area (Å²) in [5.41, 5.74) is 0.267. The van der Waals surface area contributed by atoms with E-state index >= 15 is 0 Å². The molecule has 0 bridgehead atoms. The van der Waals surface area contributed by atoms with Gasteiger partial charge in [0, 0.05) is 10.5 Å². The Bertz CT molecular complexity index is 378. The van der Waals surface area contributed by atoms with E-state index < -0.39 is 24.5 Å². The van der Waals surface area contributed by atoms with Crippen molar-refractivity contribution < 1.29 is 17.6 Å². The molecule has 1 nitrogen and oxygen atoms in total. The highest BCUT2D eigenvalue weighted by Gasteiger charge is 2.31. The van der Waals surface area contributed by atoms with Gasteiger partial charge in [-0.05, 0) is 37.2 Å². The lowest BCUT2D eigenvalue weighted by molar-refractivity contribution is -0.139. The highest BCUT2D eigenvalue weighted by Crippen LogP contribution is 2.24. The zero-order valence-corrected chi connectivity index (χ0v) is 10.7. The molecule has 6 heteroatoms. The van der Waals surface area contributed by atoms with Crippen LogP contribution in [-0.2, 0) is 6.42 Å². The molecular formula is C11H12BrF4N. The molecule has 0 aliphatic heterocycles. The minimum Gasteiger partial charge on any atom is -0.316 e. The Hall–Kier alpha value is -0.620. The van der Waals surface area contributed by atoms with Gasteiger partial charge in [0.15, 0.2) is 0 Å². The molecule has 0 heterocycles. The number of hydrogen-bond acceptors (Lipinski definition) is 1. The summed E-state index contributed by atoms with van der Waals surface area (Å²) in [7, 11) is 1.44. The second-order valence-corrected chi connectivity index (χ2v) is 4.66. The number of alkyl halides is 3. The first kappa shape index (κ1) is 14.4. The molecule has 0 saturated carbocycles. The van der Waals surface area contributed by atoms with Crippen LogP contribution in [0, 0.1) is 5.82 Å². The summed E-state index contributed by atoms with van der Waals surface area (Å²) < 4.78 is 50.7.